The Balaban J connectivity index is 1.41. The zero-order chi connectivity index (χ0) is 24.0. The van der Waals surface area contributed by atoms with E-state index in [2.05, 4.69) is 24.4 Å². The highest BCUT2D eigenvalue weighted by molar-refractivity contribution is 7.99. The zero-order valence-electron chi connectivity index (χ0n) is 19.0. The number of benzene rings is 3. The van der Waals surface area contributed by atoms with Crippen LogP contribution in [0.25, 0.3) is 0 Å². The monoisotopic (exact) mass is 515 g/mol. The fourth-order valence-electron chi connectivity index (χ4n) is 4.02. The molecule has 0 aliphatic carbocycles. The van der Waals surface area contributed by atoms with Crippen molar-refractivity contribution in [3.8, 4) is 5.75 Å². The highest BCUT2D eigenvalue weighted by Crippen LogP contribution is 2.39. The third-order valence-electron chi connectivity index (χ3n) is 5.80. The predicted octanol–water partition coefficient (Wildman–Crippen LogP) is 7.37. The summed E-state index contributed by atoms with van der Waals surface area (Å²) >= 11 is 14.2. The van der Waals surface area contributed by atoms with Crippen LogP contribution in [0.3, 0.4) is 0 Å². The van der Waals surface area contributed by atoms with Crippen LogP contribution in [-0.4, -0.2) is 24.9 Å². The van der Waals surface area contributed by atoms with Crippen molar-refractivity contribution in [3.63, 3.8) is 0 Å². The van der Waals surface area contributed by atoms with Gasteiger partial charge in [-0.2, -0.15) is 0 Å². The molecule has 34 heavy (non-hydrogen) atoms. The van der Waals surface area contributed by atoms with E-state index in [4.69, 9.17) is 32.7 Å². The average molecular weight is 516 g/mol. The van der Waals surface area contributed by atoms with Gasteiger partial charge in [0.1, 0.15) is 11.4 Å². The molecule has 1 N–H and O–H groups in total. The van der Waals surface area contributed by atoms with Crippen LogP contribution in [0.1, 0.15) is 30.9 Å². The SMILES string of the molecule is CCSc1ccc(CC(=O)Nc2ccc(OC3(c4ccc(Cl)c(Cl)c4)CCOCC3)cc2)cc1. The number of rotatable bonds is 8. The molecule has 0 spiro atoms. The molecule has 4 rings (SSSR count). The lowest BCUT2D eigenvalue weighted by atomic mass is 9.86. The molecule has 0 radical (unpaired) electrons. The van der Waals surface area contributed by atoms with Gasteiger partial charge in [-0.25, -0.2) is 0 Å². The summed E-state index contributed by atoms with van der Waals surface area (Å²) in [5.41, 5.74) is 2.15. The van der Waals surface area contributed by atoms with Crippen molar-refractivity contribution >= 4 is 46.6 Å². The summed E-state index contributed by atoms with van der Waals surface area (Å²) in [4.78, 5) is 13.7. The molecule has 0 bridgehead atoms. The van der Waals surface area contributed by atoms with E-state index >= 15 is 0 Å². The van der Waals surface area contributed by atoms with E-state index in [9.17, 15) is 4.79 Å². The summed E-state index contributed by atoms with van der Waals surface area (Å²) < 4.78 is 12.1. The molecule has 1 amide bonds. The van der Waals surface area contributed by atoms with E-state index in [0.29, 0.717) is 42.5 Å². The van der Waals surface area contributed by atoms with Crippen molar-refractivity contribution < 1.29 is 14.3 Å². The number of hydrogen-bond acceptors (Lipinski definition) is 4. The fourth-order valence-corrected chi connectivity index (χ4v) is 4.98. The van der Waals surface area contributed by atoms with Gasteiger partial charge in [0.15, 0.2) is 0 Å². The van der Waals surface area contributed by atoms with Crippen molar-refractivity contribution in [2.75, 3.05) is 24.3 Å². The summed E-state index contributed by atoms with van der Waals surface area (Å²) in [7, 11) is 0. The van der Waals surface area contributed by atoms with Crippen molar-refractivity contribution in [2.45, 2.75) is 36.7 Å². The van der Waals surface area contributed by atoms with Gasteiger partial charge in [0.25, 0.3) is 0 Å². The highest BCUT2D eigenvalue weighted by atomic mass is 35.5. The molecule has 1 aliphatic heterocycles. The summed E-state index contributed by atoms with van der Waals surface area (Å²) in [6.07, 6.45) is 1.74. The van der Waals surface area contributed by atoms with Crippen molar-refractivity contribution in [1.29, 1.82) is 0 Å². The summed E-state index contributed by atoms with van der Waals surface area (Å²) in [6.45, 7) is 3.33. The lowest BCUT2D eigenvalue weighted by molar-refractivity contribution is -0.115. The second-order valence-corrected chi connectivity index (χ2v) is 10.3. The minimum absolute atomic E-state index is 0.0544. The Morgan fingerprint density at radius 1 is 1.00 bits per heavy atom. The minimum Gasteiger partial charge on any atom is -0.482 e. The van der Waals surface area contributed by atoms with Crippen molar-refractivity contribution in [3.05, 3.63) is 87.9 Å². The third-order valence-corrected chi connectivity index (χ3v) is 7.43. The standard InChI is InChI=1S/C27H27Cl2NO3S/c1-2-34-23-10-3-19(4-11-23)17-26(31)30-21-6-8-22(9-7-21)33-27(13-15-32-16-14-27)20-5-12-24(28)25(29)18-20/h3-12,18H,2,13-17H2,1H3,(H,30,31). The second kappa shape index (κ2) is 11.5. The summed E-state index contributed by atoms with van der Waals surface area (Å²) in [6, 6.07) is 21.2. The lowest BCUT2D eigenvalue weighted by Crippen LogP contribution is -2.39. The first-order valence-corrected chi connectivity index (χ1v) is 13.1. The van der Waals surface area contributed by atoms with Crippen LogP contribution in [0.5, 0.6) is 5.75 Å². The molecule has 1 fully saturated rings. The molecule has 7 heteroatoms. The maximum Gasteiger partial charge on any atom is 0.228 e. The molecule has 0 unspecified atom stereocenters. The number of hydrogen-bond donors (Lipinski definition) is 1. The second-order valence-electron chi connectivity index (χ2n) is 8.16. The fraction of sp³-hybridized carbons (Fsp3) is 0.296. The Labute approximate surface area is 214 Å². The molecule has 178 valence electrons. The highest BCUT2D eigenvalue weighted by Gasteiger charge is 2.37. The van der Waals surface area contributed by atoms with Gasteiger partial charge in [-0.3, -0.25) is 4.79 Å². The molecule has 0 aromatic heterocycles. The van der Waals surface area contributed by atoms with Crippen LogP contribution in [-0.2, 0) is 21.6 Å². The van der Waals surface area contributed by atoms with E-state index < -0.39 is 5.60 Å². The molecular formula is C27H27Cl2NO3S. The number of amides is 1. The van der Waals surface area contributed by atoms with Gasteiger partial charge in [-0.05, 0) is 65.4 Å². The number of carbonyl (C=O) groups excluding carboxylic acids is 1. The van der Waals surface area contributed by atoms with Crippen LogP contribution in [0.4, 0.5) is 5.69 Å². The summed E-state index contributed by atoms with van der Waals surface area (Å²) in [5, 5.41) is 3.99. The van der Waals surface area contributed by atoms with Crippen molar-refractivity contribution in [2.24, 2.45) is 0 Å². The predicted molar refractivity (Wildman–Crippen MR) is 140 cm³/mol. The van der Waals surface area contributed by atoms with Gasteiger partial charge in [0.05, 0.1) is 29.7 Å². The first kappa shape index (κ1) is 24.9. The first-order valence-electron chi connectivity index (χ1n) is 11.3. The van der Waals surface area contributed by atoms with Crippen molar-refractivity contribution in [1.82, 2.24) is 0 Å². The molecule has 1 aliphatic rings. The third kappa shape index (κ3) is 6.28. The number of carbonyl (C=O) groups is 1. The Morgan fingerprint density at radius 2 is 1.71 bits per heavy atom. The largest absolute Gasteiger partial charge is 0.482 e. The maximum atomic E-state index is 12.5. The smallest absolute Gasteiger partial charge is 0.228 e. The molecule has 0 saturated carbocycles. The van der Waals surface area contributed by atoms with E-state index in [1.807, 2.05) is 48.5 Å². The van der Waals surface area contributed by atoms with Crippen LogP contribution in [0.15, 0.2) is 71.6 Å². The van der Waals surface area contributed by atoms with Gasteiger partial charge in [0, 0.05) is 23.4 Å². The Hall–Kier alpha value is -2.18. The molecule has 3 aromatic rings. The van der Waals surface area contributed by atoms with Gasteiger partial charge in [-0.15, -0.1) is 11.8 Å². The molecule has 3 aromatic carbocycles. The lowest BCUT2D eigenvalue weighted by Gasteiger charge is -2.38. The summed E-state index contributed by atoms with van der Waals surface area (Å²) in [5.74, 6) is 1.69. The number of anilines is 1. The molecule has 4 nitrogen and oxygen atoms in total. The van der Waals surface area contributed by atoms with E-state index in [1.54, 1.807) is 17.8 Å². The van der Waals surface area contributed by atoms with Crippen LogP contribution in [0.2, 0.25) is 10.0 Å². The Morgan fingerprint density at radius 3 is 2.35 bits per heavy atom. The molecular weight excluding hydrogens is 489 g/mol. The maximum absolute atomic E-state index is 12.5. The zero-order valence-corrected chi connectivity index (χ0v) is 21.3. The quantitative estimate of drug-likeness (QED) is 0.318. The first-order chi connectivity index (χ1) is 16.5. The van der Waals surface area contributed by atoms with Crippen LogP contribution < -0.4 is 10.1 Å². The molecule has 0 atom stereocenters. The number of thioether (sulfide) groups is 1. The van der Waals surface area contributed by atoms with Gasteiger partial charge >= 0.3 is 0 Å². The minimum atomic E-state index is -0.542. The Bertz CT molecular complexity index is 1110. The normalized spacial score (nSPS) is 15.0. The Kier molecular flexibility index (Phi) is 8.43. The van der Waals surface area contributed by atoms with Gasteiger partial charge in [0.2, 0.25) is 5.91 Å². The topological polar surface area (TPSA) is 47.6 Å². The number of nitrogens with one attached hydrogen (secondary N) is 1. The number of halogens is 2. The van der Waals surface area contributed by atoms with Gasteiger partial charge < -0.3 is 14.8 Å². The van der Waals surface area contributed by atoms with E-state index in [0.717, 1.165) is 28.3 Å². The van der Waals surface area contributed by atoms with Crippen LogP contribution >= 0.6 is 35.0 Å². The number of ether oxygens (including phenoxy) is 2. The molecule has 1 saturated heterocycles. The van der Waals surface area contributed by atoms with E-state index in [1.165, 1.54) is 4.90 Å². The van der Waals surface area contributed by atoms with E-state index in [-0.39, 0.29) is 5.91 Å². The van der Waals surface area contributed by atoms with Gasteiger partial charge in [-0.1, -0.05) is 48.3 Å². The average Bonchev–Trinajstić information content (AvgIpc) is 2.84. The molecule has 1 heterocycles. The van der Waals surface area contributed by atoms with Crippen LogP contribution in [0, 0.1) is 0 Å².